The molecule has 3 rings (SSSR count). The molecule has 0 unspecified atom stereocenters. The molecule has 0 N–H and O–H groups in total. The van der Waals surface area contributed by atoms with Crippen LogP contribution in [0.4, 0.5) is 0 Å². The summed E-state index contributed by atoms with van der Waals surface area (Å²) in [6.45, 7) is 5.46. The van der Waals surface area contributed by atoms with Crippen LogP contribution in [0.5, 0.6) is 5.75 Å². The van der Waals surface area contributed by atoms with Crippen LogP contribution in [0.25, 0.3) is 5.69 Å². The molecule has 26 heavy (non-hydrogen) atoms. The van der Waals surface area contributed by atoms with Crippen LogP contribution in [0, 0.1) is 20.8 Å². The van der Waals surface area contributed by atoms with Crippen LogP contribution < -0.4 is 4.74 Å². The highest BCUT2D eigenvalue weighted by molar-refractivity contribution is 7.91. The van der Waals surface area contributed by atoms with Crippen molar-refractivity contribution in [1.82, 2.24) is 15.0 Å². The Labute approximate surface area is 157 Å². The first-order valence-electron chi connectivity index (χ1n) is 7.84. The van der Waals surface area contributed by atoms with Crippen LogP contribution in [-0.4, -0.2) is 30.5 Å². The lowest BCUT2D eigenvalue weighted by molar-refractivity contribution is 0.415. The van der Waals surface area contributed by atoms with E-state index in [1.165, 1.54) is 11.8 Å². The predicted molar refractivity (Wildman–Crippen MR) is 99.0 cm³/mol. The number of sulfone groups is 1. The number of halogens is 1. The molecule has 0 atom stereocenters. The molecular formula is C18H18ClN3O3S. The van der Waals surface area contributed by atoms with Gasteiger partial charge in [0, 0.05) is 0 Å². The van der Waals surface area contributed by atoms with Gasteiger partial charge >= 0.3 is 0 Å². The van der Waals surface area contributed by atoms with Crippen molar-refractivity contribution in [1.29, 1.82) is 0 Å². The number of benzene rings is 2. The third-order valence-electron chi connectivity index (χ3n) is 4.28. The maximum Gasteiger partial charge on any atom is 0.227 e. The van der Waals surface area contributed by atoms with Crippen LogP contribution in [-0.2, 0) is 9.84 Å². The van der Waals surface area contributed by atoms with E-state index in [4.69, 9.17) is 16.3 Å². The first-order valence-corrected chi connectivity index (χ1v) is 9.70. The number of hydrogen-bond acceptors (Lipinski definition) is 5. The van der Waals surface area contributed by atoms with Crippen LogP contribution in [0.15, 0.2) is 46.3 Å². The van der Waals surface area contributed by atoms with Gasteiger partial charge < -0.3 is 4.74 Å². The fourth-order valence-electron chi connectivity index (χ4n) is 2.59. The fraction of sp³-hybridized carbons (Fsp3) is 0.222. The molecular weight excluding hydrogens is 374 g/mol. The van der Waals surface area contributed by atoms with Crippen molar-refractivity contribution in [3.05, 3.63) is 58.2 Å². The summed E-state index contributed by atoms with van der Waals surface area (Å²) in [5.74, 6) is 0.524. The molecule has 0 fully saturated rings. The standard InChI is InChI=1S/C18H18ClN3O3S/c1-11-5-7-15(9-12(11)2)26(23,24)18-13(3)22(21-20-18)14-6-8-17(25-4)16(19)10-14/h5-10H,1-4H3. The Morgan fingerprint density at radius 1 is 1.04 bits per heavy atom. The number of aryl methyl sites for hydroxylation is 2. The van der Waals surface area contributed by atoms with Crippen LogP contribution in [0.2, 0.25) is 5.02 Å². The van der Waals surface area contributed by atoms with E-state index in [1.54, 1.807) is 43.3 Å². The maximum atomic E-state index is 13.0. The normalized spacial score (nSPS) is 11.6. The number of nitrogens with zero attached hydrogens (tertiary/aromatic N) is 3. The second-order valence-electron chi connectivity index (χ2n) is 5.96. The summed E-state index contributed by atoms with van der Waals surface area (Å²) in [6, 6.07) is 10.1. The summed E-state index contributed by atoms with van der Waals surface area (Å²) in [7, 11) is -2.25. The van der Waals surface area contributed by atoms with Crippen molar-refractivity contribution < 1.29 is 13.2 Å². The van der Waals surface area contributed by atoms with E-state index in [0.29, 0.717) is 22.2 Å². The highest BCUT2D eigenvalue weighted by Crippen LogP contribution is 2.29. The van der Waals surface area contributed by atoms with Crippen molar-refractivity contribution in [2.24, 2.45) is 0 Å². The largest absolute Gasteiger partial charge is 0.495 e. The first kappa shape index (κ1) is 18.4. The third kappa shape index (κ3) is 3.08. The van der Waals surface area contributed by atoms with Gasteiger partial charge in [0.05, 0.1) is 28.4 Å². The molecule has 0 radical (unpaired) electrons. The molecule has 0 spiro atoms. The number of rotatable bonds is 4. The Hall–Kier alpha value is -2.38. The van der Waals surface area contributed by atoms with Gasteiger partial charge in [0.1, 0.15) is 5.75 Å². The molecule has 0 saturated heterocycles. The lowest BCUT2D eigenvalue weighted by atomic mass is 10.1. The molecule has 3 aromatic rings. The topological polar surface area (TPSA) is 74.1 Å². The van der Waals surface area contributed by atoms with Gasteiger partial charge in [-0.15, -0.1) is 5.10 Å². The zero-order valence-electron chi connectivity index (χ0n) is 14.8. The van der Waals surface area contributed by atoms with Crippen LogP contribution >= 0.6 is 11.6 Å². The Bertz CT molecular complexity index is 1090. The molecule has 136 valence electrons. The van der Waals surface area contributed by atoms with Crippen molar-refractivity contribution >= 4 is 21.4 Å². The SMILES string of the molecule is COc1ccc(-n2nnc(S(=O)(=O)c3ccc(C)c(C)c3)c2C)cc1Cl. The molecule has 0 saturated carbocycles. The van der Waals surface area contributed by atoms with Gasteiger partial charge in [-0.2, -0.15) is 0 Å². The van der Waals surface area contributed by atoms with E-state index >= 15 is 0 Å². The average molecular weight is 392 g/mol. The average Bonchev–Trinajstić information content (AvgIpc) is 2.99. The third-order valence-corrected chi connectivity index (χ3v) is 6.33. The van der Waals surface area contributed by atoms with Crippen LogP contribution in [0.3, 0.4) is 0 Å². The second-order valence-corrected chi connectivity index (χ2v) is 8.23. The minimum Gasteiger partial charge on any atom is -0.495 e. The van der Waals surface area contributed by atoms with Gasteiger partial charge in [-0.25, -0.2) is 13.1 Å². The Balaban J connectivity index is 2.08. The summed E-state index contributed by atoms with van der Waals surface area (Å²) in [5, 5.41) is 8.24. The summed E-state index contributed by atoms with van der Waals surface area (Å²) in [4.78, 5) is 0.198. The minimum absolute atomic E-state index is 0.0762. The molecule has 6 nitrogen and oxygen atoms in total. The molecule has 8 heteroatoms. The molecule has 0 bridgehead atoms. The number of methoxy groups -OCH3 is 1. The van der Waals surface area contributed by atoms with Gasteiger partial charge in [0.2, 0.25) is 14.9 Å². The molecule has 0 aliphatic carbocycles. The Morgan fingerprint density at radius 2 is 1.77 bits per heavy atom. The zero-order valence-corrected chi connectivity index (χ0v) is 16.4. The Morgan fingerprint density at radius 3 is 2.38 bits per heavy atom. The van der Waals surface area contributed by atoms with E-state index in [2.05, 4.69) is 10.3 Å². The minimum atomic E-state index is -3.77. The van der Waals surface area contributed by atoms with Crippen molar-refractivity contribution in [2.45, 2.75) is 30.7 Å². The first-order chi connectivity index (χ1) is 12.3. The maximum absolute atomic E-state index is 13.0. The van der Waals surface area contributed by atoms with E-state index in [-0.39, 0.29) is 9.92 Å². The Kier molecular flexibility index (Phi) is 4.77. The summed E-state index contributed by atoms with van der Waals surface area (Å²) in [5.41, 5.74) is 2.93. The van der Waals surface area contributed by atoms with Gasteiger partial charge in [-0.3, -0.25) is 0 Å². The van der Waals surface area contributed by atoms with E-state index < -0.39 is 9.84 Å². The summed E-state index contributed by atoms with van der Waals surface area (Å²) >= 11 is 6.15. The number of hydrogen-bond donors (Lipinski definition) is 0. The van der Waals surface area contributed by atoms with Crippen molar-refractivity contribution in [2.75, 3.05) is 7.11 Å². The van der Waals surface area contributed by atoms with Gasteiger partial charge in [0.25, 0.3) is 0 Å². The van der Waals surface area contributed by atoms with Gasteiger partial charge in [0.15, 0.2) is 0 Å². The molecule has 0 aliphatic rings. The number of ether oxygens (including phenoxy) is 1. The van der Waals surface area contributed by atoms with Crippen LogP contribution in [0.1, 0.15) is 16.8 Å². The predicted octanol–water partition coefficient (Wildman–Crippen LogP) is 3.69. The molecule has 0 aliphatic heterocycles. The lowest BCUT2D eigenvalue weighted by Crippen LogP contribution is -2.06. The molecule has 1 aromatic heterocycles. The quantitative estimate of drug-likeness (QED) is 0.678. The van der Waals surface area contributed by atoms with E-state index in [1.807, 2.05) is 13.8 Å². The molecule has 0 amide bonds. The molecule has 2 aromatic carbocycles. The highest BCUT2D eigenvalue weighted by Gasteiger charge is 2.26. The van der Waals surface area contributed by atoms with Crippen molar-refractivity contribution in [3.8, 4) is 11.4 Å². The highest BCUT2D eigenvalue weighted by atomic mass is 35.5. The molecule has 1 heterocycles. The van der Waals surface area contributed by atoms with Gasteiger partial charge in [-0.05, 0) is 62.2 Å². The number of aromatic nitrogens is 3. The second kappa shape index (κ2) is 6.74. The summed E-state index contributed by atoms with van der Waals surface area (Å²) < 4.78 is 32.5. The lowest BCUT2D eigenvalue weighted by Gasteiger charge is -2.08. The van der Waals surface area contributed by atoms with E-state index in [9.17, 15) is 8.42 Å². The van der Waals surface area contributed by atoms with Gasteiger partial charge in [-0.1, -0.05) is 22.9 Å². The van der Waals surface area contributed by atoms with E-state index in [0.717, 1.165) is 11.1 Å². The van der Waals surface area contributed by atoms with Crippen molar-refractivity contribution in [3.63, 3.8) is 0 Å². The fourth-order valence-corrected chi connectivity index (χ4v) is 4.26. The monoisotopic (exact) mass is 391 g/mol. The smallest absolute Gasteiger partial charge is 0.227 e. The zero-order chi connectivity index (χ0) is 19.1. The summed E-state index contributed by atoms with van der Waals surface area (Å²) in [6.07, 6.45) is 0.